The first kappa shape index (κ1) is 17.7. The van der Waals surface area contributed by atoms with Crippen molar-refractivity contribution < 1.29 is 4.79 Å². The summed E-state index contributed by atoms with van der Waals surface area (Å²) in [5.74, 6) is -0.0203. The lowest BCUT2D eigenvalue weighted by molar-refractivity contribution is 0.0690. The number of hydrogen-bond donors (Lipinski definition) is 1. The Morgan fingerprint density at radius 1 is 0.962 bits per heavy atom. The van der Waals surface area contributed by atoms with Crippen LogP contribution in [0.15, 0.2) is 79.1 Å². The lowest BCUT2D eigenvalue weighted by Gasteiger charge is -2.27. The summed E-state index contributed by atoms with van der Waals surface area (Å²) in [5, 5.41) is 3.28. The molecule has 0 aliphatic heterocycles. The lowest BCUT2D eigenvalue weighted by atomic mass is 10.1. The molecule has 1 N–H and O–H groups in total. The van der Waals surface area contributed by atoms with E-state index in [9.17, 15) is 4.79 Å². The monoisotopic (exact) mass is 345 g/mol. The van der Waals surface area contributed by atoms with Crippen LogP contribution in [0.3, 0.4) is 0 Å². The Morgan fingerprint density at radius 2 is 1.62 bits per heavy atom. The molecule has 1 heterocycles. The summed E-state index contributed by atoms with van der Waals surface area (Å²) in [5.41, 5.74) is 3.45. The number of pyridine rings is 1. The van der Waals surface area contributed by atoms with E-state index >= 15 is 0 Å². The molecule has 132 valence electrons. The largest absolute Gasteiger partial charge is 0.354 e. The summed E-state index contributed by atoms with van der Waals surface area (Å²) < 4.78 is 0. The van der Waals surface area contributed by atoms with Gasteiger partial charge in [0.05, 0.1) is 17.4 Å². The third-order valence-corrected chi connectivity index (χ3v) is 4.13. The van der Waals surface area contributed by atoms with Crippen molar-refractivity contribution in [2.75, 3.05) is 5.32 Å². The van der Waals surface area contributed by atoms with Crippen LogP contribution in [0.1, 0.15) is 29.8 Å². The Bertz CT molecular complexity index is 848. The Balaban J connectivity index is 1.79. The second-order valence-electron chi connectivity index (χ2n) is 6.47. The van der Waals surface area contributed by atoms with Gasteiger partial charge in [-0.3, -0.25) is 9.78 Å². The van der Waals surface area contributed by atoms with Crippen molar-refractivity contribution in [1.29, 1.82) is 0 Å². The van der Waals surface area contributed by atoms with Crippen molar-refractivity contribution in [3.8, 4) is 0 Å². The molecule has 0 aliphatic rings. The second-order valence-corrected chi connectivity index (χ2v) is 6.47. The highest BCUT2D eigenvalue weighted by molar-refractivity contribution is 5.95. The fourth-order valence-electron chi connectivity index (χ4n) is 2.75. The minimum atomic E-state index is -0.0203. The summed E-state index contributed by atoms with van der Waals surface area (Å²) in [6.07, 6.45) is 3.35. The van der Waals surface area contributed by atoms with E-state index in [1.165, 1.54) is 0 Å². The summed E-state index contributed by atoms with van der Waals surface area (Å²) in [7, 11) is 0. The Morgan fingerprint density at radius 3 is 2.27 bits per heavy atom. The smallest absolute Gasteiger partial charge is 0.256 e. The molecule has 0 fully saturated rings. The number of benzene rings is 2. The number of nitrogens with zero attached hydrogens (tertiary/aromatic N) is 2. The number of hydrogen-bond acceptors (Lipinski definition) is 3. The normalized spacial score (nSPS) is 10.6. The number of anilines is 2. The molecule has 0 radical (unpaired) electrons. The van der Waals surface area contributed by atoms with Crippen LogP contribution in [-0.4, -0.2) is 21.8 Å². The Hall–Kier alpha value is -3.14. The number of amides is 1. The summed E-state index contributed by atoms with van der Waals surface area (Å²) >= 11 is 0. The van der Waals surface area contributed by atoms with Crippen molar-refractivity contribution in [1.82, 2.24) is 9.88 Å². The van der Waals surface area contributed by atoms with E-state index in [1.54, 1.807) is 12.4 Å². The van der Waals surface area contributed by atoms with Crippen LogP contribution in [0, 0.1) is 0 Å². The quantitative estimate of drug-likeness (QED) is 0.693. The third kappa shape index (κ3) is 4.48. The highest BCUT2D eigenvalue weighted by Gasteiger charge is 2.19. The van der Waals surface area contributed by atoms with Crippen molar-refractivity contribution in [3.05, 3.63) is 90.3 Å². The van der Waals surface area contributed by atoms with Gasteiger partial charge < -0.3 is 10.2 Å². The molecule has 0 aliphatic carbocycles. The van der Waals surface area contributed by atoms with Gasteiger partial charge in [-0.15, -0.1) is 0 Å². The van der Waals surface area contributed by atoms with Gasteiger partial charge >= 0.3 is 0 Å². The number of rotatable bonds is 6. The Labute approximate surface area is 154 Å². The van der Waals surface area contributed by atoms with Crippen LogP contribution >= 0.6 is 0 Å². The van der Waals surface area contributed by atoms with E-state index in [-0.39, 0.29) is 11.9 Å². The SMILES string of the molecule is CC(C)N(Cc1ccccc1)C(=O)c1cncc(Nc2ccccc2)c1. The van der Waals surface area contributed by atoms with E-state index in [0.29, 0.717) is 12.1 Å². The van der Waals surface area contributed by atoms with Gasteiger partial charge in [0, 0.05) is 24.5 Å². The van der Waals surface area contributed by atoms with Gasteiger partial charge in [-0.05, 0) is 37.6 Å². The van der Waals surface area contributed by atoms with Gasteiger partial charge in [0.2, 0.25) is 0 Å². The summed E-state index contributed by atoms with van der Waals surface area (Å²) in [4.78, 5) is 19.2. The molecule has 0 bridgehead atoms. The third-order valence-electron chi connectivity index (χ3n) is 4.13. The van der Waals surface area contributed by atoms with Crippen LogP contribution in [-0.2, 0) is 6.54 Å². The van der Waals surface area contributed by atoms with Crippen LogP contribution in [0.2, 0.25) is 0 Å². The lowest BCUT2D eigenvalue weighted by Crippen LogP contribution is -2.36. The predicted octanol–water partition coefficient (Wildman–Crippen LogP) is 4.88. The number of para-hydroxylation sites is 1. The standard InChI is InChI=1S/C22H23N3O/c1-17(2)25(16-18-9-5-3-6-10-18)22(26)19-13-21(15-23-14-19)24-20-11-7-4-8-12-20/h3-15,17,24H,16H2,1-2H3. The van der Waals surface area contributed by atoms with Crippen LogP contribution < -0.4 is 5.32 Å². The summed E-state index contributed by atoms with van der Waals surface area (Å²) in [6, 6.07) is 21.8. The molecule has 3 aromatic rings. The molecule has 0 unspecified atom stereocenters. The zero-order valence-corrected chi connectivity index (χ0v) is 15.1. The van der Waals surface area contributed by atoms with Crippen LogP contribution in [0.5, 0.6) is 0 Å². The molecule has 1 aromatic heterocycles. The van der Waals surface area contributed by atoms with E-state index < -0.39 is 0 Å². The van der Waals surface area contributed by atoms with Gasteiger partial charge in [0.1, 0.15) is 0 Å². The van der Waals surface area contributed by atoms with Gasteiger partial charge in [-0.25, -0.2) is 0 Å². The molecule has 0 atom stereocenters. The first-order valence-corrected chi connectivity index (χ1v) is 8.75. The number of carbonyl (C=O) groups excluding carboxylic acids is 1. The molecule has 1 amide bonds. The zero-order chi connectivity index (χ0) is 18.4. The zero-order valence-electron chi connectivity index (χ0n) is 15.1. The molecule has 0 saturated carbocycles. The predicted molar refractivity (Wildman–Crippen MR) is 105 cm³/mol. The van der Waals surface area contributed by atoms with Gasteiger partial charge in [-0.2, -0.15) is 0 Å². The first-order valence-electron chi connectivity index (χ1n) is 8.75. The number of aromatic nitrogens is 1. The molecule has 0 spiro atoms. The van der Waals surface area contributed by atoms with Crippen LogP contribution in [0.25, 0.3) is 0 Å². The van der Waals surface area contributed by atoms with E-state index in [2.05, 4.69) is 10.3 Å². The maximum Gasteiger partial charge on any atom is 0.256 e. The minimum absolute atomic E-state index is 0.0203. The van der Waals surface area contributed by atoms with Gasteiger partial charge in [-0.1, -0.05) is 48.5 Å². The van der Waals surface area contributed by atoms with Crippen molar-refractivity contribution in [2.24, 2.45) is 0 Å². The molecule has 4 nitrogen and oxygen atoms in total. The fraction of sp³-hybridized carbons (Fsp3) is 0.182. The average molecular weight is 345 g/mol. The molecule has 0 saturated heterocycles. The molecular weight excluding hydrogens is 322 g/mol. The summed E-state index contributed by atoms with van der Waals surface area (Å²) in [6.45, 7) is 4.63. The van der Waals surface area contributed by atoms with Crippen molar-refractivity contribution in [2.45, 2.75) is 26.4 Å². The second kappa shape index (κ2) is 8.30. The first-order chi connectivity index (χ1) is 12.6. The maximum atomic E-state index is 13.1. The maximum absolute atomic E-state index is 13.1. The minimum Gasteiger partial charge on any atom is -0.354 e. The van der Waals surface area contributed by atoms with Crippen molar-refractivity contribution >= 4 is 17.3 Å². The van der Waals surface area contributed by atoms with E-state index in [1.807, 2.05) is 85.5 Å². The van der Waals surface area contributed by atoms with Crippen LogP contribution in [0.4, 0.5) is 11.4 Å². The fourth-order valence-corrected chi connectivity index (χ4v) is 2.75. The van der Waals surface area contributed by atoms with Gasteiger partial charge in [0.25, 0.3) is 5.91 Å². The van der Waals surface area contributed by atoms with E-state index in [4.69, 9.17) is 0 Å². The molecule has 4 heteroatoms. The number of carbonyl (C=O) groups is 1. The molecular formula is C22H23N3O. The van der Waals surface area contributed by atoms with Crippen molar-refractivity contribution in [3.63, 3.8) is 0 Å². The topological polar surface area (TPSA) is 45.2 Å². The molecule has 26 heavy (non-hydrogen) atoms. The highest BCUT2D eigenvalue weighted by Crippen LogP contribution is 2.19. The molecule has 2 aromatic carbocycles. The average Bonchev–Trinajstić information content (AvgIpc) is 2.67. The number of nitrogens with one attached hydrogen (secondary N) is 1. The molecule has 3 rings (SSSR count). The Kier molecular flexibility index (Phi) is 5.64. The highest BCUT2D eigenvalue weighted by atomic mass is 16.2. The van der Waals surface area contributed by atoms with Gasteiger partial charge in [0.15, 0.2) is 0 Å². The van der Waals surface area contributed by atoms with E-state index in [0.717, 1.165) is 16.9 Å².